The average molecular weight is 375 g/mol. The normalized spacial score (nSPS) is 13.1. The van der Waals surface area contributed by atoms with Crippen molar-refractivity contribution in [2.75, 3.05) is 13.7 Å². The summed E-state index contributed by atoms with van der Waals surface area (Å²) in [5.41, 5.74) is 1.44. The maximum atomic E-state index is 12.2. The number of benzene rings is 1. The molecule has 2 rings (SSSR count). The van der Waals surface area contributed by atoms with Crippen molar-refractivity contribution in [3.8, 4) is 5.75 Å². The van der Waals surface area contributed by atoms with Crippen molar-refractivity contribution in [1.82, 2.24) is 5.32 Å². The van der Waals surface area contributed by atoms with E-state index >= 15 is 0 Å². The summed E-state index contributed by atoms with van der Waals surface area (Å²) in [6.45, 7) is 7.10. The highest BCUT2D eigenvalue weighted by atomic mass is 16.5. The molecule has 0 aliphatic heterocycles. The molecule has 1 amide bonds. The maximum Gasteiger partial charge on any atom is 0.336 e. The van der Waals surface area contributed by atoms with Crippen molar-refractivity contribution in [2.45, 2.75) is 40.2 Å². The number of hydrogen-bond acceptors (Lipinski definition) is 6. The van der Waals surface area contributed by atoms with Gasteiger partial charge >= 0.3 is 11.6 Å². The van der Waals surface area contributed by atoms with Crippen LogP contribution in [-0.4, -0.2) is 31.6 Å². The third-order valence-electron chi connectivity index (χ3n) is 4.66. The second-order valence-electron chi connectivity index (χ2n) is 6.56. The minimum atomic E-state index is -0.727. The predicted octanol–water partition coefficient (Wildman–Crippen LogP) is 2.49. The number of hydrogen-bond donors (Lipinski definition) is 1. The van der Waals surface area contributed by atoms with Gasteiger partial charge in [-0.2, -0.15) is 0 Å². The number of ether oxygens (including phenoxy) is 2. The van der Waals surface area contributed by atoms with E-state index in [9.17, 15) is 14.4 Å². The Labute approximate surface area is 157 Å². The molecule has 0 unspecified atom stereocenters. The highest BCUT2D eigenvalue weighted by Crippen LogP contribution is 2.28. The van der Waals surface area contributed by atoms with Crippen molar-refractivity contribution in [3.63, 3.8) is 0 Å². The van der Waals surface area contributed by atoms with Gasteiger partial charge in [0.15, 0.2) is 6.61 Å². The monoisotopic (exact) mass is 375 g/mol. The van der Waals surface area contributed by atoms with E-state index in [1.165, 1.54) is 13.2 Å². The molecule has 1 aromatic heterocycles. The maximum absolute atomic E-state index is 12.2. The molecule has 0 saturated heterocycles. The van der Waals surface area contributed by atoms with Gasteiger partial charge in [-0.25, -0.2) is 9.59 Å². The van der Waals surface area contributed by atoms with Crippen LogP contribution in [0.3, 0.4) is 0 Å². The molecule has 27 heavy (non-hydrogen) atoms. The van der Waals surface area contributed by atoms with Crippen LogP contribution in [0.4, 0.5) is 0 Å². The molecule has 1 N–H and O–H groups in total. The smallest absolute Gasteiger partial charge is 0.336 e. The zero-order chi connectivity index (χ0) is 20.1. The number of esters is 1. The number of aryl methyl sites for hydroxylation is 2. The van der Waals surface area contributed by atoms with Gasteiger partial charge in [-0.3, -0.25) is 4.79 Å². The molecular formula is C20H25NO6. The first-order valence-corrected chi connectivity index (χ1v) is 8.82. The summed E-state index contributed by atoms with van der Waals surface area (Å²) < 4.78 is 15.6. The standard InChI is InChI=1S/C20H25NO6/c1-6-11(2)18(20(24)25-5)21-16(22)10-26-15-8-7-14-12(3)9-17(23)27-19(14)13(15)4/h7-9,11,18H,6,10H2,1-5H3,(H,21,22)/t11-,18+/m1/s1. The number of amides is 1. The number of methoxy groups -OCH3 is 1. The number of carbonyl (C=O) groups is 2. The third kappa shape index (κ3) is 4.67. The molecule has 146 valence electrons. The van der Waals surface area contributed by atoms with Crippen LogP contribution in [0, 0.1) is 19.8 Å². The largest absolute Gasteiger partial charge is 0.483 e. The first-order chi connectivity index (χ1) is 12.8. The van der Waals surface area contributed by atoms with Gasteiger partial charge in [-0.1, -0.05) is 20.3 Å². The van der Waals surface area contributed by atoms with Gasteiger partial charge in [-0.05, 0) is 37.5 Å². The molecule has 0 aliphatic carbocycles. The van der Waals surface area contributed by atoms with Gasteiger partial charge in [-0.15, -0.1) is 0 Å². The first kappa shape index (κ1) is 20.5. The van der Waals surface area contributed by atoms with E-state index in [4.69, 9.17) is 13.9 Å². The lowest BCUT2D eigenvalue weighted by atomic mass is 9.99. The van der Waals surface area contributed by atoms with Gasteiger partial charge in [0.25, 0.3) is 5.91 Å². The molecule has 0 saturated carbocycles. The van der Waals surface area contributed by atoms with E-state index in [-0.39, 0.29) is 12.5 Å². The molecule has 2 atom stereocenters. The van der Waals surface area contributed by atoms with E-state index in [0.29, 0.717) is 23.3 Å². The Hall–Kier alpha value is -2.83. The second-order valence-corrected chi connectivity index (χ2v) is 6.56. The van der Waals surface area contributed by atoms with E-state index in [0.717, 1.165) is 10.9 Å². The molecule has 0 radical (unpaired) electrons. The summed E-state index contributed by atoms with van der Waals surface area (Å²) in [5, 5.41) is 3.46. The van der Waals surface area contributed by atoms with Crippen LogP contribution in [-0.2, 0) is 14.3 Å². The summed E-state index contributed by atoms with van der Waals surface area (Å²) >= 11 is 0. The van der Waals surface area contributed by atoms with E-state index < -0.39 is 23.5 Å². The van der Waals surface area contributed by atoms with Crippen LogP contribution in [0.2, 0.25) is 0 Å². The van der Waals surface area contributed by atoms with Crippen LogP contribution < -0.4 is 15.7 Å². The Balaban J connectivity index is 2.14. The molecule has 1 heterocycles. The Morgan fingerprint density at radius 3 is 2.59 bits per heavy atom. The lowest BCUT2D eigenvalue weighted by Gasteiger charge is -2.22. The molecule has 7 nitrogen and oxygen atoms in total. The topological polar surface area (TPSA) is 94.8 Å². The fourth-order valence-electron chi connectivity index (χ4n) is 2.81. The van der Waals surface area contributed by atoms with Gasteiger partial charge in [0, 0.05) is 17.0 Å². The van der Waals surface area contributed by atoms with Crippen molar-refractivity contribution in [1.29, 1.82) is 0 Å². The van der Waals surface area contributed by atoms with Crippen LogP contribution >= 0.6 is 0 Å². The first-order valence-electron chi connectivity index (χ1n) is 8.82. The highest BCUT2D eigenvalue weighted by Gasteiger charge is 2.26. The average Bonchev–Trinajstić information content (AvgIpc) is 2.64. The summed E-state index contributed by atoms with van der Waals surface area (Å²) in [4.78, 5) is 35.7. The summed E-state index contributed by atoms with van der Waals surface area (Å²) in [6, 6.07) is 4.21. The van der Waals surface area contributed by atoms with Crippen molar-refractivity contribution in [2.24, 2.45) is 5.92 Å². The molecule has 0 spiro atoms. The number of fused-ring (bicyclic) bond motifs is 1. The van der Waals surface area contributed by atoms with Crippen LogP contribution in [0.1, 0.15) is 31.4 Å². The van der Waals surface area contributed by atoms with Gasteiger partial charge in [0.05, 0.1) is 7.11 Å². The SMILES string of the molecule is CC[C@@H](C)[C@H](NC(=O)COc1ccc2c(C)cc(=O)oc2c1C)C(=O)OC. The van der Waals surface area contributed by atoms with Crippen LogP contribution in [0.15, 0.2) is 27.4 Å². The van der Waals surface area contributed by atoms with Crippen LogP contribution in [0.5, 0.6) is 5.75 Å². The molecule has 0 bridgehead atoms. The van der Waals surface area contributed by atoms with Gasteiger partial charge in [0.1, 0.15) is 17.4 Å². The van der Waals surface area contributed by atoms with Gasteiger partial charge in [0.2, 0.25) is 0 Å². The van der Waals surface area contributed by atoms with Crippen molar-refractivity contribution >= 4 is 22.8 Å². The van der Waals surface area contributed by atoms with E-state index in [1.807, 2.05) is 20.8 Å². The molecule has 0 fully saturated rings. The quantitative estimate of drug-likeness (QED) is 0.590. The Morgan fingerprint density at radius 2 is 1.96 bits per heavy atom. The van der Waals surface area contributed by atoms with Crippen LogP contribution in [0.25, 0.3) is 11.0 Å². The lowest BCUT2D eigenvalue weighted by molar-refractivity contribution is -0.146. The molecule has 1 aromatic carbocycles. The minimum Gasteiger partial charge on any atom is -0.483 e. The fraction of sp³-hybridized carbons (Fsp3) is 0.450. The van der Waals surface area contributed by atoms with Crippen molar-refractivity contribution < 1.29 is 23.5 Å². The number of rotatable bonds is 7. The van der Waals surface area contributed by atoms with Crippen molar-refractivity contribution in [3.05, 3.63) is 39.7 Å². The predicted molar refractivity (Wildman–Crippen MR) is 101 cm³/mol. The summed E-state index contributed by atoms with van der Waals surface area (Å²) in [7, 11) is 1.29. The minimum absolute atomic E-state index is 0.0685. The zero-order valence-electron chi connectivity index (χ0n) is 16.3. The molecule has 2 aromatic rings. The summed E-state index contributed by atoms with van der Waals surface area (Å²) in [6.07, 6.45) is 0.711. The lowest BCUT2D eigenvalue weighted by Crippen LogP contribution is -2.47. The number of nitrogens with one attached hydrogen (secondary N) is 1. The van der Waals surface area contributed by atoms with Gasteiger partial charge < -0.3 is 19.2 Å². The Kier molecular flexibility index (Phi) is 6.60. The Bertz CT molecular complexity index is 901. The second kappa shape index (κ2) is 8.70. The fourth-order valence-corrected chi connectivity index (χ4v) is 2.81. The Morgan fingerprint density at radius 1 is 1.26 bits per heavy atom. The highest BCUT2D eigenvalue weighted by molar-refractivity contribution is 5.86. The number of carbonyl (C=O) groups excluding carboxylic acids is 2. The van der Waals surface area contributed by atoms with E-state index in [2.05, 4.69) is 5.32 Å². The van der Waals surface area contributed by atoms with E-state index in [1.54, 1.807) is 19.1 Å². The molecule has 7 heteroatoms. The molecular weight excluding hydrogens is 350 g/mol. The zero-order valence-corrected chi connectivity index (χ0v) is 16.3. The molecule has 0 aliphatic rings. The third-order valence-corrected chi connectivity index (χ3v) is 4.66. The summed E-state index contributed by atoms with van der Waals surface area (Å²) in [5.74, 6) is -0.557.